The molecule has 0 unspecified atom stereocenters. The zero-order chi connectivity index (χ0) is 25.1. The summed E-state index contributed by atoms with van der Waals surface area (Å²) in [5.74, 6) is 1.45. The second-order valence-electron chi connectivity index (χ2n) is 8.70. The summed E-state index contributed by atoms with van der Waals surface area (Å²) in [6.07, 6.45) is 3.41. The van der Waals surface area contributed by atoms with Crippen molar-refractivity contribution in [2.45, 2.75) is 27.7 Å². The molecule has 184 valence electrons. The molecule has 0 bridgehead atoms. The van der Waals surface area contributed by atoms with Gasteiger partial charge in [0.1, 0.15) is 17.1 Å². The molecule has 2 aromatic carbocycles. The third-order valence-corrected chi connectivity index (χ3v) is 6.53. The van der Waals surface area contributed by atoms with Gasteiger partial charge in [0.05, 0.1) is 20.0 Å². The van der Waals surface area contributed by atoms with Gasteiger partial charge in [0, 0.05) is 66.8 Å². The third-order valence-electron chi connectivity index (χ3n) is 6.53. The maximum Gasteiger partial charge on any atom is 0.246 e. The van der Waals surface area contributed by atoms with E-state index in [2.05, 4.69) is 0 Å². The molecule has 1 aliphatic heterocycles. The van der Waals surface area contributed by atoms with Crippen LogP contribution in [0.4, 0.5) is 0 Å². The molecule has 0 saturated carbocycles. The van der Waals surface area contributed by atoms with Gasteiger partial charge in [0.2, 0.25) is 11.8 Å². The summed E-state index contributed by atoms with van der Waals surface area (Å²) in [5, 5.41) is 0.931. The molecule has 0 aliphatic carbocycles. The lowest BCUT2D eigenvalue weighted by Gasteiger charge is -2.33. The van der Waals surface area contributed by atoms with E-state index in [0.29, 0.717) is 38.5 Å². The summed E-state index contributed by atoms with van der Waals surface area (Å²) in [5.41, 5.74) is 5.15. The second kappa shape index (κ2) is 10.3. The van der Waals surface area contributed by atoms with E-state index in [1.807, 2.05) is 51.1 Å². The number of carbonyl (C=O) groups is 2. The van der Waals surface area contributed by atoms with Gasteiger partial charge < -0.3 is 23.7 Å². The number of furan rings is 1. The topological polar surface area (TPSA) is 72.2 Å². The van der Waals surface area contributed by atoms with Gasteiger partial charge in [-0.2, -0.15) is 0 Å². The third kappa shape index (κ3) is 4.76. The van der Waals surface area contributed by atoms with Crippen molar-refractivity contribution in [1.82, 2.24) is 9.80 Å². The van der Waals surface area contributed by atoms with E-state index in [1.165, 1.54) is 0 Å². The van der Waals surface area contributed by atoms with E-state index in [-0.39, 0.29) is 11.8 Å². The SMILES string of the molecule is CCOc1c(/C(C)=C/C(=O)N2CCN(C(C)=O)CC2)cc2c(-c3ccccc3OC)coc2c1C. The van der Waals surface area contributed by atoms with Crippen LogP contribution in [0.3, 0.4) is 0 Å². The highest BCUT2D eigenvalue weighted by molar-refractivity contribution is 6.02. The average molecular weight is 477 g/mol. The number of methoxy groups -OCH3 is 1. The molecule has 0 spiro atoms. The van der Waals surface area contributed by atoms with E-state index in [0.717, 1.165) is 44.5 Å². The first-order valence-corrected chi connectivity index (χ1v) is 11.9. The standard InChI is InChI=1S/C28H32N2O5/c1-6-34-27-19(3)28-23(24(17-35-28)21-9-7-8-10-25(21)33-5)16-22(27)18(2)15-26(32)30-13-11-29(12-14-30)20(4)31/h7-10,15-17H,6,11-14H2,1-5H3/b18-15+. The normalized spacial score (nSPS) is 14.4. The molecule has 0 atom stereocenters. The molecule has 0 N–H and O–H groups in total. The Morgan fingerprint density at radius 2 is 1.74 bits per heavy atom. The Bertz CT molecular complexity index is 1280. The van der Waals surface area contributed by atoms with Gasteiger partial charge in [-0.15, -0.1) is 0 Å². The zero-order valence-corrected chi connectivity index (χ0v) is 21.0. The molecule has 7 heteroatoms. The molecule has 1 saturated heterocycles. The summed E-state index contributed by atoms with van der Waals surface area (Å²) in [6, 6.07) is 9.86. The number of carbonyl (C=O) groups excluding carboxylic acids is 2. The molecule has 1 aliphatic rings. The van der Waals surface area contributed by atoms with Gasteiger partial charge in [-0.3, -0.25) is 9.59 Å². The average Bonchev–Trinajstić information content (AvgIpc) is 3.29. The van der Waals surface area contributed by atoms with Crippen LogP contribution in [-0.4, -0.2) is 61.5 Å². The number of hydrogen-bond donors (Lipinski definition) is 0. The molecule has 0 radical (unpaired) electrons. The van der Waals surface area contributed by atoms with Crippen LogP contribution in [0.2, 0.25) is 0 Å². The minimum atomic E-state index is -0.0666. The summed E-state index contributed by atoms with van der Waals surface area (Å²) in [4.78, 5) is 28.2. The molecular weight excluding hydrogens is 444 g/mol. The van der Waals surface area contributed by atoms with Crippen molar-refractivity contribution >= 4 is 28.4 Å². The number of hydrogen-bond acceptors (Lipinski definition) is 5. The number of rotatable bonds is 6. The van der Waals surface area contributed by atoms with E-state index in [4.69, 9.17) is 13.9 Å². The molecule has 2 heterocycles. The smallest absolute Gasteiger partial charge is 0.246 e. The van der Waals surface area contributed by atoms with E-state index in [1.54, 1.807) is 36.2 Å². The van der Waals surface area contributed by atoms with Crippen molar-refractivity contribution < 1.29 is 23.5 Å². The number of allylic oxidation sites excluding steroid dienone is 1. The van der Waals surface area contributed by atoms with Crippen LogP contribution in [-0.2, 0) is 9.59 Å². The minimum Gasteiger partial charge on any atom is -0.496 e. The number of aryl methyl sites for hydroxylation is 1. The van der Waals surface area contributed by atoms with Gasteiger partial charge in [0.15, 0.2) is 0 Å². The Morgan fingerprint density at radius 1 is 1.06 bits per heavy atom. The van der Waals surface area contributed by atoms with Crippen molar-refractivity contribution in [2.24, 2.45) is 0 Å². The van der Waals surface area contributed by atoms with Crippen LogP contribution in [0.15, 0.2) is 47.1 Å². The highest BCUT2D eigenvalue weighted by Crippen LogP contribution is 2.42. The molecule has 4 rings (SSSR count). The largest absolute Gasteiger partial charge is 0.496 e. The van der Waals surface area contributed by atoms with Crippen molar-refractivity contribution in [2.75, 3.05) is 39.9 Å². The fourth-order valence-corrected chi connectivity index (χ4v) is 4.61. The Labute approximate surface area is 205 Å². The highest BCUT2D eigenvalue weighted by Gasteiger charge is 2.23. The van der Waals surface area contributed by atoms with E-state index in [9.17, 15) is 9.59 Å². The second-order valence-corrected chi connectivity index (χ2v) is 8.70. The van der Waals surface area contributed by atoms with Crippen LogP contribution in [0.1, 0.15) is 31.9 Å². The quantitative estimate of drug-likeness (QED) is 0.473. The van der Waals surface area contributed by atoms with Gasteiger partial charge in [-0.25, -0.2) is 0 Å². The lowest BCUT2D eigenvalue weighted by atomic mass is 9.96. The number of ether oxygens (including phenoxy) is 2. The Hall–Kier alpha value is -3.74. The van der Waals surface area contributed by atoms with Crippen LogP contribution >= 0.6 is 0 Å². The van der Waals surface area contributed by atoms with Crippen molar-refractivity contribution in [3.63, 3.8) is 0 Å². The lowest BCUT2D eigenvalue weighted by molar-refractivity contribution is -0.135. The van der Waals surface area contributed by atoms with E-state index < -0.39 is 0 Å². The molecule has 1 aromatic heterocycles. The first kappa shape index (κ1) is 24.4. The molecular formula is C28H32N2O5. The fraction of sp³-hybridized carbons (Fsp3) is 0.357. The lowest BCUT2D eigenvalue weighted by Crippen LogP contribution is -2.49. The fourth-order valence-electron chi connectivity index (χ4n) is 4.61. The van der Waals surface area contributed by atoms with Crippen molar-refractivity contribution in [1.29, 1.82) is 0 Å². The Kier molecular flexibility index (Phi) is 7.15. The number of piperazine rings is 1. The van der Waals surface area contributed by atoms with Gasteiger partial charge >= 0.3 is 0 Å². The first-order chi connectivity index (χ1) is 16.8. The minimum absolute atomic E-state index is 0.0416. The number of amides is 2. The molecule has 7 nitrogen and oxygen atoms in total. The Balaban J connectivity index is 1.75. The van der Waals surface area contributed by atoms with Crippen molar-refractivity contribution in [3.05, 3.63) is 53.8 Å². The monoisotopic (exact) mass is 476 g/mol. The summed E-state index contributed by atoms with van der Waals surface area (Å²) in [6.45, 7) is 10.1. The molecule has 2 amide bonds. The summed E-state index contributed by atoms with van der Waals surface area (Å²) < 4.78 is 17.6. The summed E-state index contributed by atoms with van der Waals surface area (Å²) in [7, 11) is 1.65. The number of benzene rings is 2. The van der Waals surface area contributed by atoms with Crippen molar-refractivity contribution in [3.8, 4) is 22.6 Å². The predicted octanol–water partition coefficient (Wildman–Crippen LogP) is 4.91. The molecule has 3 aromatic rings. The predicted molar refractivity (Wildman–Crippen MR) is 137 cm³/mol. The van der Waals surface area contributed by atoms with Gasteiger partial charge in [-0.1, -0.05) is 18.2 Å². The summed E-state index contributed by atoms with van der Waals surface area (Å²) >= 11 is 0. The van der Waals surface area contributed by atoms with Crippen LogP contribution in [0, 0.1) is 6.92 Å². The Morgan fingerprint density at radius 3 is 2.40 bits per heavy atom. The number of para-hydroxylation sites is 1. The van der Waals surface area contributed by atoms with Gasteiger partial charge in [0.25, 0.3) is 0 Å². The number of fused-ring (bicyclic) bond motifs is 1. The zero-order valence-electron chi connectivity index (χ0n) is 21.0. The van der Waals surface area contributed by atoms with Crippen LogP contribution < -0.4 is 9.47 Å². The van der Waals surface area contributed by atoms with Crippen LogP contribution in [0.25, 0.3) is 27.7 Å². The van der Waals surface area contributed by atoms with Gasteiger partial charge in [-0.05, 0) is 38.5 Å². The number of nitrogens with zero attached hydrogens (tertiary/aromatic N) is 2. The maximum absolute atomic E-state index is 13.1. The van der Waals surface area contributed by atoms with Crippen LogP contribution in [0.5, 0.6) is 11.5 Å². The van der Waals surface area contributed by atoms with E-state index >= 15 is 0 Å². The molecule has 35 heavy (non-hydrogen) atoms. The maximum atomic E-state index is 13.1. The molecule has 1 fully saturated rings. The first-order valence-electron chi connectivity index (χ1n) is 11.9. The highest BCUT2D eigenvalue weighted by atomic mass is 16.5.